The van der Waals surface area contributed by atoms with E-state index in [-0.39, 0.29) is 27.2 Å². The van der Waals surface area contributed by atoms with Gasteiger partial charge in [-0.05, 0) is 55.3 Å². The summed E-state index contributed by atoms with van der Waals surface area (Å²) in [5.74, 6) is -0.974. The summed E-state index contributed by atoms with van der Waals surface area (Å²) in [7, 11) is -3.55. The molecule has 1 aliphatic carbocycles. The first-order chi connectivity index (χ1) is 11.3. The molecule has 24 heavy (non-hydrogen) atoms. The average Bonchev–Trinajstić information content (AvgIpc) is 3.33. The van der Waals surface area contributed by atoms with Crippen LogP contribution in [0.15, 0.2) is 47.4 Å². The van der Waals surface area contributed by atoms with Gasteiger partial charge in [-0.3, -0.25) is 4.79 Å². The average molecular weight is 369 g/mol. The number of hydrogen-bond acceptors (Lipinski definition) is 3. The van der Waals surface area contributed by atoms with Crippen LogP contribution in [0.25, 0.3) is 0 Å². The maximum Gasteiger partial charge on any atom is 0.255 e. The smallest absolute Gasteiger partial charge is 0.255 e. The van der Waals surface area contributed by atoms with Gasteiger partial charge in [0, 0.05) is 11.6 Å². The van der Waals surface area contributed by atoms with Gasteiger partial charge in [-0.2, -0.15) is 0 Å². The highest BCUT2D eigenvalue weighted by atomic mass is 35.5. The highest BCUT2D eigenvalue weighted by Crippen LogP contribution is 2.24. The lowest BCUT2D eigenvalue weighted by Gasteiger charge is -2.09. The Hall–Kier alpha value is -1.96. The molecule has 1 fully saturated rings. The first-order valence-corrected chi connectivity index (χ1v) is 9.10. The molecule has 0 saturated heterocycles. The van der Waals surface area contributed by atoms with Gasteiger partial charge in [0.15, 0.2) is 0 Å². The van der Waals surface area contributed by atoms with E-state index < -0.39 is 21.7 Å². The van der Waals surface area contributed by atoms with E-state index in [2.05, 4.69) is 10.0 Å². The molecule has 1 saturated carbocycles. The van der Waals surface area contributed by atoms with E-state index in [4.69, 9.17) is 11.6 Å². The number of nitrogens with one attached hydrogen (secondary N) is 2. The predicted molar refractivity (Wildman–Crippen MR) is 89.1 cm³/mol. The highest BCUT2D eigenvalue weighted by Gasteiger charge is 2.27. The third-order valence-corrected chi connectivity index (χ3v) is 5.35. The zero-order chi connectivity index (χ0) is 17.3. The molecule has 1 amide bonds. The van der Waals surface area contributed by atoms with Gasteiger partial charge in [-0.25, -0.2) is 17.5 Å². The van der Waals surface area contributed by atoms with Crippen molar-refractivity contribution >= 4 is 33.2 Å². The number of carbonyl (C=O) groups excluding carboxylic acids is 1. The molecule has 3 rings (SSSR count). The fourth-order valence-electron chi connectivity index (χ4n) is 2.06. The molecule has 126 valence electrons. The Morgan fingerprint density at radius 3 is 2.38 bits per heavy atom. The van der Waals surface area contributed by atoms with Crippen molar-refractivity contribution in [3.63, 3.8) is 0 Å². The van der Waals surface area contributed by atoms with Crippen molar-refractivity contribution in [2.24, 2.45) is 0 Å². The topological polar surface area (TPSA) is 75.3 Å². The van der Waals surface area contributed by atoms with Gasteiger partial charge in [-0.15, -0.1) is 0 Å². The number of rotatable bonds is 5. The van der Waals surface area contributed by atoms with Crippen molar-refractivity contribution in [1.82, 2.24) is 4.72 Å². The standard InChI is InChI=1S/C16H14ClFN2O3S/c17-14-9-11(18)3-8-15(14)19-16(21)10-1-6-13(7-2-10)24(22,23)20-12-4-5-12/h1-3,6-9,12,20H,4-5H2,(H,19,21). The molecule has 0 aromatic heterocycles. The second kappa shape index (κ2) is 6.51. The van der Waals surface area contributed by atoms with E-state index in [1.165, 1.54) is 36.4 Å². The van der Waals surface area contributed by atoms with Gasteiger partial charge < -0.3 is 5.32 Å². The minimum Gasteiger partial charge on any atom is -0.321 e. The third kappa shape index (κ3) is 3.92. The molecule has 0 radical (unpaired) electrons. The summed E-state index contributed by atoms with van der Waals surface area (Å²) in [6.07, 6.45) is 1.69. The van der Waals surface area contributed by atoms with Crippen molar-refractivity contribution in [2.45, 2.75) is 23.8 Å². The Morgan fingerprint density at radius 2 is 1.79 bits per heavy atom. The van der Waals surface area contributed by atoms with Gasteiger partial charge in [0.25, 0.3) is 5.91 Å². The summed E-state index contributed by atoms with van der Waals surface area (Å²) in [6, 6.07) is 9.20. The van der Waals surface area contributed by atoms with Gasteiger partial charge in [0.2, 0.25) is 10.0 Å². The largest absolute Gasteiger partial charge is 0.321 e. The molecular weight excluding hydrogens is 355 g/mol. The quantitative estimate of drug-likeness (QED) is 0.851. The lowest BCUT2D eigenvalue weighted by Crippen LogP contribution is -2.25. The Balaban J connectivity index is 1.73. The number of benzene rings is 2. The maximum absolute atomic E-state index is 13.0. The molecule has 0 atom stereocenters. The van der Waals surface area contributed by atoms with Crippen molar-refractivity contribution < 1.29 is 17.6 Å². The summed E-state index contributed by atoms with van der Waals surface area (Å²) in [5.41, 5.74) is 0.538. The lowest BCUT2D eigenvalue weighted by molar-refractivity contribution is 0.102. The van der Waals surface area contributed by atoms with Crippen molar-refractivity contribution in [2.75, 3.05) is 5.32 Å². The van der Waals surface area contributed by atoms with E-state index in [1.807, 2.05) is 0 Å². The van der Waals surface area contributed by atoms with Gasteiger partial charge in [-0.1, -0.05) is 11.6 Å². The molecule has 0 bridgehead atoms. The molecule has 0 aliphatic heterocycles. The molecular formula is C16H14ClFN2O3S. The lowest BCUT2D eigenvalue weighted by atomic mass is 10.2. The van der Waals surface area contributed by atoms with Crippen LogP contribution in [-0.2, 0) is 10.0 Å². The Kier molecular flexibility index (Phi) is 4.58. The van der Waals surface area contributed by atoms with Crippen LogP contribution in [-0.4, -0.2) is 20.4 Å². The van der Waals surface area contributed by atoms with Crippen LogP contribution in [0, 0.1) is 5.82 Å². The molecule has 2 aromatic carbocycles. The monoisotopic (exact) mass is 368 g/mol. The van der Waals surface area contributed by atoms with Crippen molar-refractivity contribution in [3.05, 3.63) is 58.9 Å². The number of hydrogen-bond donors (Lipinski definition) is 2. The Bertz CT molecular complexity index is 881. The summed E-state index contributed by atoms with van der Waals surface area (Å²) >= 11 is 5.86. The number of anilines is 1. The zero-order valence-corrected chi connectivity index (χ0v) is 14.0. The first kappa shape index (κ1) is 16.9. The second-order valence-corrected chi connectivity index (χ2v) is 7.62. The van der Waals surface area contributed by atoms with E-state index in [1.54, 1.807) is 0 Å². The van der Waals surface area contributed by atoms with E-state index in [0.717, 1.165) is 18.9 Å². The fourth-order valence-corrected chi connectivity index (χ4v) is 3.58. The highest BCUT2D eigenvalue weighted by molar-refractivity contribution is 7.89. The zero-order valence-electron chi connectivity index (χ0n) is 12.4. The Morgan fingerprint density at radius 1 is 1.12 bits per heavy atom. The number of amides is 1. The molecule has 0 unspecified atom stereocenters. The number of sulfonamides is 1. The third-order valence-electron chi connectivity index (χ3n) is 3.51. The van der Waals surface area contributed by atoms with Crippen LogP contribution < -0.4 is 10.0 Å². The van der Waals surface area contributed by atoms with Crippen LogP contribution in [0.3, 0.4) is 0 Å². The molecule has 5 nitrogen and oxygen atoms in total. The molecule has 8 heteroatoms. The predicted octanol–water partition coefficient (Wildman–Crippen LogP) is 3.17. The maximum atomic E-state index is 13.0. The minimum atomic E-state index is -3.55. The van der Waals surface area contributed by atoms with Gasteiger partial charge in [0.05, 0.1) is 15.6 Å². The number of carbonyl (C=O) groups is 1. The Labute approximate surface area is 143 Å². The summed E-state index contributed by atoms with van der Waals surface area (Å²) < 4.78 is 39.7. The van der Waals surface area contributed by atoms with E-state index in [0.29, 0.717) is 0 Å². The van der Waals surface area contributed by atoms with Crippen LogP contribution in [0.2, 0.25) is 5.02 Å². The van der Waals surface area contributed by atoms with Crippen molar-refractivity contribution in [1.29, 1.82) is 0 Å². The molecule has 0 heterocycles. The SMILES string of the molecule is O=C(Nc1ccc(F)cc1Cl)c1ccc(S(=O)(=O)NC2CC2)cc1. The fraction of sp³-hybridized carbons (Fsp3) is 0.188. The van der Waals surface area contributed by atoms with Gasteiger partial charge >= 0.3 is 0 Å². The van der Waals surface area contributed by atoms with Gasteiger partial charge in [0.1, 0.15) is 5.82 Å². The first-order valence-electron chi connectivity index (χ1n) is 7.24. The molecule has 0 spiro atoms. The van der Waals surface area contributed by atoms with E-state index >= 15 is 0 Å². The second-order valence-electron chi connectivity index (χ2n) is 5.50. The number of halogens is 2. The summed E-state index contributed by atoms with van der Waals surface area (Å²) in [5, 5.41) is 2.63. The molecule has 1 aliphatic rings. The molecule has 2 N–H and O–H groups in total. The van der Waals surface area contributed by atoms with Crippen LogP contribution >= 0.6 is 11.6 Å². The van der Waals surface area contributed by atoms with Crippen LogP contribution in [0.4, 0.5) is 10.1 Å². The molecule has 2 aromatic rings. The van der Waals surface area contributed by atoms with Crippen molar-refractivity contribution in [3.8, 4) is 0 Å². The summed E-state index contributed by atoms with van der Waals surface area (Å²) in [4.78, 5) is 12.3. The normalized spacial score (nSPS) is 14.4. The van der Waals surface area contributed by atoms with Crippen LogP contribution in [0.1, 0.15) is 23.2 Å². The van der Waals surface area contributed by atoms with Crippen LogP contribution in [0.5, 0.6) is 0 Å². The minimum absolute atomic E-state index is 0.0126. The summed E-state index contributed by atoms with van der Waals surface area (Å²) in [6.45, 7) is 0. The van der Waals surface area contributed by atoms with E-state index in [9.17, 15) is 17.6 Å².